The second kappa shape index (κ2) is 9.90. The molecule has 0 aromatic heterocycles. The smallest absolute Gasteiger partial charge is 0.237 e. The number of hydrogen-bond acceptors (Lipinski definition) is 3. The van der Waals surface area contributed by atoms with Crippen LogP contribution in [0.1, 0.15) is 51.6 Å². The van der Waals surface area contributed by atoms with Crippen molar-refractivity contribution in [3.63, 3.8) is 0 Å². The van der Waals surface area contributed by atoms with Gasteiger partial charge in [0.25, 0.3) is 0 Å². The monoisotopic (exact) mass is 562 g/mol. The van der Waals surface area contributed by atoms with Gasteiger partial charge in [0.1, 0.15) is 5.82 Å². The summed E-state index contributed by atoms with van der Waals surface area (Å²) in [6.07, 6.45) is 3.48. The van der Waals surface area contributed by atoms with Crippen molar-refractivity contribution in [1.29, 1.82) is 0 Å². The molecule has 0 radical (unpaired) electrons. The molecule has 1 N–H and O–H groups in total. The van der Waals surface area contributed by atoms with Crippen molar-refractivity contribution in [3.05, 3.63) is 96.3 Å². The highest BCUT2D eigenvalue weighted by Crippen LogP contribution is 2.71. The van der Waals surface area contributed by atoms with Crippen LogP contribution in [0.15, 0.2) is 84.9 Å². The molecule has 3 fully saturated rings. The molecule has 2 aliphatic carbocycles. The Morgan fingerprint density at radius 2 is 1.59 bits per heavy atom. The molecular formula is C32H36FN2O2PS. The van der Waals surface area contributed by atoms with Crippen LogP contribution < -0.4 is 15.7 Å². The SMILES string of the molecule is C[C@@H](C(=O)N1SC[C@@]23CC[C@@H](C[C@H]12)C3(C)C)[C@@H](NP(=O)(c1ccccc1)c1ccccc1)c1ccc(F)cc1. The quantitative estimate of drug-likeness (QED) is 0.257. The Balaban J connectivity index is 1.37. The molecule has 4 nitrogen and oxygen atoms in total. The van der Waals surface area contributed by atoms with Crippen molar-refractivity contribution >= 4 is 35.8 Å². The lowest BCUT2D eigenvalue weighted by molar-refractivity contribution is -0.133. The molecular weight excluding hydrogens is 526 g/mol. The number of halogens is 1. The molecule has 39 heavy (non-hydrogen) atoms. The zero-order valence-electron chi connectivity index (χ0n) is 22.7. The van der Waals surface area contributed by atoms with Crippen molar-refractivity contribution < 1.29 is 13.8 Å². The Hall–Kier alpha value is -2.40. The summed E-state index contributed by atoms with van der Waals surface area (Å²) in [5.41, 5.74) is 1.14. The predicted molar refractivity (Wildman–Crippen MR) is 158 cm³/mol. The summed E-state index contributed by atoms with van der Waals surface area (Å²) in [6.45, 7) is 6.70. The minimum atomic E-state index is -3.36. The van der Waals surface area contributed by atoms with E-state index in [1.807, 2.05) is 67.6 Å². The number of amides is 1. The van der Waals surface area contributed by atoms with Gasteiger partial charge < -0.3 is 0 Å². The van der Waals surface area contributed by atoms with E-state index in [0.29, 0.717) is 16.5 Å². The Morgan fingerprint density at radius 1 is 1.00 bits per heavy atom. The average Bonchev–Trinajstić information content (AvgIpc) is 3.55. The summed E-state index contributed by atoms with van der Waals surface area (Å²) < 4.78 is 31.0. The normalized spacial score (nSPS) is 26.8. The maximum Gasteiger partial charge on any atom is 0.237 e. The highest BCUT2D eigenvalue weighted by Gasteiger charge is 2.68. The third-order valence-electron chi connectivity index (χ3n) is 10.0. The van der Waals surface area contributed by atoms with Gasteiger partial charge in [0.2, 0.25) is 13.2 Å². The van der Waals surface area contributed by atoms with Gasteiger partial charge in [-0.3, -0.25) is 18.8 Å². The fourth-order valence-electron chi connectivity index (χ4n) is 7.45. The number of benzene rings is 3. The summed E-state index contributed by atoms with van der Waals surface area (Å²) in [4.78, 5) is 14.3. The van der Waals surface area contributed by atoms with Gasteiger partial charge in [0.15, 0.2) is 0 Å². The second-order valence-corrected chi connectivity index (χ2v) is 15.5. The third-order valence-corrected chi connectivity index (χ3v) is 14.1. The largest absolute Gasteiger partial charge is 0.297 e. The van der Waals surface area contributed by atoms with Crippen LogP contribution >= 0.6 is 19.2 Å². The Morgan fingerprint density at radius 3 is 2.15 bits per heavy atom. The van der Waals surface area contributed by atoms with Gasteiger partial charge in [-0.05, 0) is 84.5 Å². The lowest BCUT2D eigenvalue weighted by Gasteiger charge is -2.39. The molecule has 2 saturated carbocycles. The van der Waals surface area contributed by atoms with E-state index in [2.05, 4.69) is 23.2 Å². The van der Waals surface area contributed by atoms with E-state index >= 15 is 0 Å². The third kappa shape index (κ3) is 4.22. The van der Waals surface area contributed by atoms with E-state index < -0.39 is 19.3 Å². The van der Waals surface area contributed by atoms with Crippen molar-refractivity contribution in [1.82, 2.24) is 9.39 Å². The first-order valence-electron chi connectivity index (χ1n) is 13.9. The zero-order valence-corrected chi connectivity index (χ0v) is 24.4. The molecule has 7 heteroatoms. The van der Waals surface area contributed by atoms with Crippen molar-refractivity contribution in [2.75, 3.05) is 5.75 Å². The minimum absolute atomic E-state index is 0.0553. The standard InChI is InChI=1S/C32H36FN2O2PS/c1-22(30(36)35-28-20-24-18-19-32(28,21-39-35)31(24,2)3)29(23-14-16-25(33)17-15-23)34-38(37,26-10-6-4-7-11-26)27-12-8-5-9-13-27/h4-17,22,24,28-29H,18-21H2,1-3H3,(H,34,37)/t22-,24+,28+,29-,32+/m1/s1. The number of rotatable bonds is 7. The van der Waals surface area contributed by atoms with Crippen LogP contribution in [0, 0.1) is 28.5 Å². The van der Waals surface area contributed by atoms with E-state index in [-0.39, 0.29) is 28.6 Å². The molecule has 3 aromatic carbocycles. The molecule has 1 amide bonds. The second-order valence-electron chi connectivity index (χ2n) is 12.0. The fraction of sp³-hybridized carbons (Fsp3) is 0.406. The van der Waals surface area contributed by atoms with Crippen molar-refractivity contribution in [2.24, 2.45) is 22.7 Å². The van der Waals surface area contributed by atoms with Crippen LogP contribution in [-0.2, 0) is 9.36 Å². The Labute approximate surface area is 235 Å². The van der Waals surface area contributed by atoms with Crippen LogP contribution in [-0.4, -0.2) is 22.0 Å². The molecule has 3 aliphatic rings. The van der Waals surface area contributed by atoms with Gasteiger partial charge in [-0.1, -0.05) is 69.3 Å². The van der Waals surface area contributed by atoms with Crippen molar-refractivity contribution in [2.45, 2.75) is 52.1 Å². The molecule has 1 heterocycles. The lowest BCUT2D eigenvalue weighted by atomic mass is 9.69. The van der Waals surface area contributed by atoms with Crippen molar-refractivity contribution in [3.8, 4) is 0 Å². The number of fused-ring (bicyclic) bond motifs is 1. The summed E-state index contributed by atoms with van der Waals surface area (Å²) >= 11 is 1.68. The summed E-state index contributed by atoms with van der Waals surface area (Å²) in [5, 5.41) is 4.83. The number of nitrogens with zero attached hydrogens (tertiary/aromatic N) is 1. The minimum Gasteiger partial charge on any atom is -0.297 e. The zero-order chi connectivity index (χ0) is 27.4. The number of hydrogen-bond donors (Lipinski definition) is 1. The number of nitrogens with one attached hydrogen (secondary N) is 1. The van der Waals surface area contributed by atoms with E-state index in [1.165, 1.54) is 25.0 Å². The summed E-state index contributed by atoms with van der Waals surface area (Å²) in [6, 6.07) is 24.7. The molecule has 6 rings (SSSR count). The first-order chi connectivity index (χ1) is 18.7. The molecule has 3 aromatic rings. The average molecular weight is 563 g/mol. The predicted octanol–water partition coefficient (Wildman–Crippen LogP) is 6.71. The van der Waals surface area contributed by atoms with E-state index in [0.717, 1.165) is 17.7 Å². The molecule has 0 unspecified atom stereocenters. The van der Waals surface area contributed by atoms with E-state index in [1.54, 1.807) is 24.1 Å². The van der Waals surface area contributed by atoms with Gasteiger partial charge in [-0.2, -0.15) is 0 Å². The van der Waals surface area contributed by atoms with Crippen LogP contribution in [0.3, 0.4) is 0 Å². The maximum absolute atomic E-state index is 15.0. The van der Waals surface area contributed by atoms with Crippen LogP contribution in [0.25, 0.3) is 0 Å². The molecule has 1 saturated heterocycles. The maximum atomic E-state index is 15.0. The molecule has 5 atom stereocenters. The Bertz CT molecular complexity index is 1360. The lowest BCUT2D eigenvalue weighted by Crippen LogP contribution is -2.46. The van der Waals surface area contributed by atoms with Gasteiger partial charge in [-0.25, -0.2) is 4.39 Å². The molecule has 1 aliphatic heterocycles. The van der Waals surface area contributed by atoms with Gasteiger partial charge in [0.05, 0.1) is 18.0 Å². The van der Waals surface area contributed by atoms with Crippen LogP contribution in [0.4, 0.5) is 4.39 Å². The van der Waals surface area contributed by atoms with E-state index in [4.69, 9.17) is 0 Å². The van der Waals surface area contributed by atoms with Gasteiger partial charge in [0, 0.05) is 21.8 Å². The number of carbonyl (C=O) groups is 1. The first-order valence-corrected chi connectivity index (χ1v) is 16.5. The van der Waals surface area contributed by atoms with Crippen LogP contribution in [0.5, 0.6) is 0 Å². The molecule has 204 valence electrons. The topological polar surface area (TPSA) is 49.4 Å². The van der Waals surface area contributed by atoms with Gasteiger partial charge in [-0.15, -0.1) is 0 Å². The summed E-state index contributed by atoms with van der Waals surface area (Å²) in [7, 11) is -3.36. The highest BCUT2D eigenvalue weighted by molar-refractivity contribution is 7.97. The Kier molecular flexibility index (Phi) is 6.81. The summed E-state index contributed by atoms with van der Waals surface area (Å²) in [5.74, 6) is 0.824. The molecule has 2 bridgehead atoms. The van der Waals surface area contributed by atoms with E-state index in [9.17, 15) is 13.8 Å². The molecule has 1 spiro atoms. The van der Waals surface area contributed by atoms with Gasteiger partial charge >= 0.3 is 0 Å². The fourth-order valence-corrected chi connectivity index (χ4v) is 11.8. The highest BCUT2D eigenvalue weighted by atomic mass is 32.2. The number of carbonyl (C=O) groups excluding carboxylic acids is 1. The first kappa shape index (κ1) is 26.8. The van der Waals surface area contributed by atoms with Crippen LogP contribution in [0.2, 0.25) is 0 Å².